The van der Waals surface area contributed by atoms with E-state index in [1.165, 1.54) is 6.07 Å². The summed E-state index contributed by atoms with van der Waals surface area (Å²) in [6.07, 6.45) is 5.35. The lowest BCUT2D eigenvalue weighted by Gasteiger charge is -2.14. The standard InChI is InChI=1S/C21H20FN3O3S/c1-29(26,27)25-17-10-14(9-15(22)11-17)19-12-21(24-20-7-4-6-18(19)20)28-13-16-5-2-3-8-23-16/h2-3,5,8-12,25H,4,6-7,13H2,1H3. The number of aromatic nitrogens is 2. The molecule has 0 amide bonds. The number of ether oxygens (including phenoxy) is 1. The molecule has 0 radical (unpaired) electrons. The second-order valence-corrected chi connectivity index (χ2v) is 8.75. The van der Waals surface area contributed by atoms with Crippen LogP contribution in [0.5, 0.6) is 5.88 Å². The fraction of sp³-hybridized carbons (Fsp3) is 0.238. The SMILES string of the molecule is CS(=O)(=O)Nc1cc(F)cc(-c2cc(OCc3ccccn3)nc3c2CCC3)c1. The lowest BCUT2D eigenvalue weighted by Crippen LogP contribution is -2.10. The second kappa shape index (κ2) is 7.79. The van der Waals surface area contributed by atoms with Crippen molar-refractivity contribution in [3.05, 3.63) is 71.4 Å². The van der Waals surface area contributed by atoms with Gasteiger partial charge in [0.2, 0.25) is 15.9 Å². The van der Waals surface area contributed by atoms with Crippen LogP contribution in [-0.2, 0) is 29.5 Å². The van der Waals surface area contributed by atoms with Gasteiger partial charge in [-0.3, -0.25) is 9.71 Å². The zero-order chi connectivity index (χ0) is 20.4. The van der Waals surface area contributed by atoms with Crippen LogP contribution < -0.4 is 9.46 Å². The van der Waals surface area contributed by atoms with E-state index in [9.17, 15) is 12.8 Å². The van der Waals surface area contributed by atoms with Crippen molar-refractivity contribution in [1.29, 1.82) is 0 Å². The van der Waals surface area contributed by atoms with Gasteiger partial charge in [-0.05, 0) is 66.3 Å². The van der Waals surface area contributed by atoms with Gasteiger partial charge >= 0.3 is 0 Å². The maximum atomic E-state index is 14.2. The van der Waals surface area contributed by atoms with Crippen LogP contribution in [0.2, 0.25) is 0 Å². The molecule has 29 heavy (non-hydrogen) atoms. The van der Waals surface area contributed by atoms with Crippen molar-refractivity contribution in [3.63, 3.8) is 0 Å². The van der Waals surface area contributed by atoms with Crippen LogP contribution >= 0.6 is 0 Å². The molecule has 2 heterocycles. The second-order valence-electron chi connectivity index (χ2n) is 7.00. The summed E-state index contributed by atoms with van der Waals surface area (Å²) < 4.78 is 45.5. The number of benzene rings is 1. The Morgan fingerprint density at radius 1 is 1.17 bits per heavy atom. The van der Waals surface area contributed by atoms with Gasteiger partial charge in [0.25, 0.3) is 0 Å². The van der Waals surface area contributed by atoms with E-state index in [1.54, 1.807) is 18.3 Å². The molecule has 4 rings (SSSR count). The van der Waals surface area contributed by atoms with Crippen molar-refractivity contribution < 1.29 is 17.5 Å². The van der Waals surface area contributed by atoms with E-state index in [-0.39, 0.29) is 12.3 Å². The summed E-state index contributed by atoms with van der Waals surface area (Å²) in [5.41, 5.74) is 4.33. The molecule has 0 fully saturated rings. The van der Waals surface area contributed by atoms with Gasteiger partial charge in [0.15, 0.2) is 0 Å². The van der Waals surface area contributed by atoms with Crippen LogP contribution in [0.4, 0.5) is 10.1 Å². The largest absolute Gasteiger partial charge is 0.471 e. The van der Waals surface area contributed by atoms with E-state index in [0.29, 0.717) is 11.4 Å². The Morgan fingerprint density at radius 2 is 2.03 bits per heavy atom. The number of sulfonamides is 1. The van der Waals surface area contributed by atoms with Crippen LogP contribution in [-0.4, -0.2) is 24.6 Å². The highest BCUT2D eigenvalue weighted by Gasteiger charge is 2.20. The van der Waals surface area contributed by atoms with Gasteiger partial charge in [0, 0.05) is 18.0 Å². The summed E-state index contributed by atoms with van der Waals surface area (Å²) in [4.78, 5) is 8.84. The van der Waals surface area contributed by atoms with Crippen molar-refractivity contribution >= 4 is 15.7 Å². The normalized spacial score (nSPS) is 13.2. The minimum Gasteiger partial charge on any atom is -0.471 e. The maximum Gasteiger partial charge on any atom is 0.229 e. The monoisotopic (exact) mass is 413 g/mol. The zero-order valence-corrected chi connectivity index (χ0v) is 16.7. The molecule has 1 aliphatic rings. The number of halogens is 1. The van der Waals surface area contributed by atoms with Crippen LogP contribution in [0.25, 0.3) is 11.1 Å². The van der Waals surface area contributed by atoms with Crippen LogP contribution in [0, 0.1) is 5.82 Å². The Bertz CT molecular complexity index is 1150. The molecule has 0 atom stereocenters. The fourth-order valence-corrected chi connectivity index (χ4v) is 4.04. The van der Waals surface area contributed by atoms with Crippen molar-refractivity contribution in [2.75, 3.05) is 11.0 Å². The average Bonchev–Trinajstić information content (AvgIpc) is 3.13. The van der Waals surface area contributed by atoms with E-state index in [0.717, 1.165) is 54.1 Å². The van der Waals surface area contributed by atoms with E-state index < -0.39 is 15.8 Å². The predicted octanol–water partition coefficient (Wildman–Crippen LogP) is 3.72. The zero-order valence-electron chi connectivity index (χ0n) is 15.9. The van der Waals surface area contributed by atoms with Crippen molar-refractivity contribution in [1.82, 2.24) is 9.97 Å². The highest BCUT2D eigenvalue weighted by molar-refractivity contribution is 7.92. The summed E-state index contributed by atoms with van der Waals surface area (Å²) >= 11 is 0. The maximum absolute atomic E-state index is 14.2. The highest BCUT2D eigenvalue weighted by atomic mass is 32.2. The molecule has 8 heteroatoms. The molecule has 0 saturated heterocycles. The summed E-state index contributed by atoms with van der Waals surface area (Å²) in [6, 6.07) is 11.5. The molecule has 1 aliphatic carbocycles. The van der Waals surface area contributed by atoms with Gasteiger partial charge < -0.3 is 4.74 Å². The molecular formula is C21H20FN3O3S. The molecule has 1 aromatic carbocycles. The Labute approximate surface area is 168 Å². The van der Waals surface area contributed by atoms with E-state index in [1.807, 2.05) is 18.2 Å². The first-order valence-corrected chi connectivity index (χ1v) is 11.1. The Morgan fingerprint density at radius 3 is 2.79 bits per heavy atom. The summed E-state index contributed by atoms with van der Waals surface area (Å²) in [6.45, 7) is 0.274. The Kier molecular flexibility index (Phi) is 5.19. The Hall–Kier alpha value is -3.00. The predicted molar refractivity (Wildman–Crippen MR) is 109 cm³/mol. The number of fused-ring (bicyclic) bond motifs is 1. The smallest absolute Gasteiger partial charge is 0.229 e. The lowest BCUT2D eigenvalue weighted by molar-refractivity contribution is 0.288. The fourth-order valence-electron chi connectivity index (χ4n) is 3.50. The molecule has 0 aliphatic heterocycles. The van der Waals surface area contributed by atoms with Gasteiger partial charge in [-0.1, -0.05) is 6.07 Å². The minimum absolute atomic E-state index is 0.182. The number of nitrogens with zero attached hydrogens (tertiary/aromatic N) is 2. The molecule has 0 spiro atoms. The number of nitrogens with one attached hydrogen (secondary N) is 1. The van der Waals surface area contributed by atoms with Crippen LogP contribution in [0.1, 0.15) is 23.4 Å². The lowest BCUT2D eigenvalue weighted by atomic mass is 9.99. The first kappa shape index (κ1) is 19.3. The van der Waals surface area contributed by atoms with Gasteiger partial charge in [0.1, 0.15) is 12.4 Å². The molecule has 0 bridgehead atoms. The van der Waals surface area contributed by atoms with E-state index in [2.05, 4.69) is 14.7 Å². The van der Waals surface area contributed by atoms with E-state index in [4.69, 9.17) is 4.74 Å². The number of rotatable bonds is 6. The van der Waals surface area contributed by atoms with Crippen molar-refractivity contribution in [2.24, 2.45) is 0 Å². The van der Waals surface area contributed by atoms with Crippen LogP contribution in [0.3, 0.4) is 0 Å². The molecule has 150 valence electrons. The number of anilines is 1. The third-order valence-corrected chi connectivity index (χ3v) is 5.24. The topological polar surface area (TPSA) is 81.2 Å². The van der Waals surface area contributed by atoms with Gasteiger partial charge in [-0.25, -0.2) is 17.8 Å². The molecule has 3 aromatic rings. The number of hydrogen-bond acceptors (Lipinski definition) is 5. The first-order valence-electron chi connectivity index (χ1n) is 9.22. The molecule has 0 saturated carbocycles. The quantitative estimate of drug-likeness (QED) is 0.666. The van der Waals surface area contributed by atoms with E-state index >= 15 is 0 Å². The van der Waals surface area contributed by atoms with Crippen LogP contribution in [0.15, 0.2) is 48.7 Å². The number of hydrogen-bond donors (Lipinski definition) is 1. The van der Waals surface area contributed by atoms with Crippen molar-refractivity contribution in [2.45, 2.75) is 25.9 Å². The molecular weight excluding hydrogens is 393 g/mol. The molecule has 1 N–H and O–H groups in total. The minimum atomic E-state index is -3.51. The molecule has 6 nitrogen and oxygen atoms in total. The first-order chi connectivity index (χ1) is 13.9. The highest BCUT2D eigenvalue weighted by Crippen LogP contribution is 2.36. The van der Waals surface area contributed by atoms with Gasteiger partial charge in [-0.2, -0.15) is 0 Å². The van der Waals surface area contributed by atoms with Gasteiger partial charge in [0.05, 0.1) is 17.6 Å². The molecule has 2 aromatic heterocycles. The van der Waals surface area contributed by atoms with Crippen molar-refractivity contribution in [3.8, 4) is 17.0 Å². The molecule has 0 unspecified atom stereocenters. The third-order valence-electron chi connectivity index (χ3n) is 4.63. The van der Waals surface area contributed by atoms with Gasteiger partial charge in [-0.15, -0.1) is 0 Å². The summed E-state index contributed by atoms with van der Waals surface area (Å²) in [5.74, 6) is -0.0821. The summed E-state index contributed by atoms with van der Waals surface area (Å²) in [5, 5.41) is 0. The summed E-state index contributed by atoms with van der Waals surface area (Å²) in [7, 11) is -3.51. The number of aryl methyl sites for hydroxylation is 1. The number of pyridine rings is 2. The third kappa shape index (κ3) is 4.71. The average molecular weight is 413 g/mol. The Balaban J connectivity index is 1.71.